The molecule has 2 unspecified atom stereocenters. The molecule has 0 amide bonds. The smallest absolute Gasteiger partial charge is 0.181 e. The zero-order valence-electron chi connectivity index (χ0n) is 32.9. The molecular weight excluding hydrogens is 697 g/mol. The third-order valence-electron chi connectivity index (χ3n) is 10.2. The molecule has 284 valence electrons. The van der Waals surface area contributed by atoms with Crippen molar-refractivity contribution in [2.45, 2.75) is 65.0 Å². The lowest BCUT2D eigenvalue weighted by molar-refractivity contribution is 0.149. The quantitative estimate of drug-likeness (QED) is 0.124. The van der Waals surface area contributed by atoms with E-state index in [1.165, 1.54) is 0 Å². The Kier molecular flexibility index (Phi) is 9.98. The first-order valence-corrected chi connectivity index (χ1v) is 19.6. The van der Waals surface area contributed by atoms with Crippen LogP contribution in [0.1, 0.15) is 74.9 Å². The van der Waals surface area contributed by atoms with Crippen molar-refractivity contribution in [3.8, 4) is 34.5 Å². The fourth-order valence-corrected chi connectivity index (χ4v) is 7.88. The van der Waals surface area contributed by atoms with Crippen LogP contribution >= 0.6 is 0 Å². The van der Waals surface area contributed by atoms with Gasteiger partial charge in [-0.25, -0.2) is 0 Å². The first-order chi connectivity index (χ1) is 27.2. The normalized spacial score (nSPS) is 18.2. The predicted octanol–water partition coefficient (Wildman–Crippen LogP) is 11.9. The topological polar surface area (TPSA) is 55.4 Å². The molecule has 0 saturated carbocycles. The average molecular weight is 745 g/mol. The molecule has 0 fully saturated rings. The highest BCUT2D eigenvalue weighted by atomic mass is 16.5. The molecule has 8 rings (SSSR count). The molecule has 0 saturated heterocycles. The lowest BCUT2D eigenvalue weighted by atomic mass is 9.81. The molecule has 0 spiro atoms. The van der Waals surface area contributed by atoms with Crippen molar-refractivity contribution >= 4 is 22.9 Å². The van der Waals surface area contributed by atoms with Gasteiger partial charge in [-0.1, -0.05) is 72.8 Å². The first-order valence-electron chi connectivity index (χ1n) is 19.6. The number of fused-ring (bicyclic) bond motifs is 5. The highest BCUT2D eigenvalue weighted by Crippen LogP contribution is 2.52. The van der Waals surface area contributed by atoms with Crippen molar-refractivity contribution in [3.63, 3.8) is 0 Å². The molecule has 2 aliphatic heterocycles. The van der Waals surface area contributed by atoms with Crippen LogP contribution in [0.4, 0.5) is 0 Å². The van der Waals surface area contributed by atoms with Crippen LogP contribution in [0, 0.1) is 0 Å². The summed E-state index contributed by atoms with van der Waals surface area (Å²) in [5, 5.41) is 2.13. The lowest BCUT2D eigenvalue weighted by Crippen LogP contribution is -2.35. The maximum atomic E-state index is 7.28. The van der Waals surface area contributed by atoms with Gasteiger partial charge in [0.2, 0.25) is 0 Å². The van der Waals surface area contributed by atoms with Crippen LogP contribution in [-0.2, 0) is 11.2 Å². The van der Waals surface area contributed by atoms with E-state index in [4.69, 9.17) is 28.4 Å². The molecule has 0 radical (unpaired) electrons. The second-order valence-electron chi connectivity index (χ2n) is 14.6. The van der Waals surface area contributed by atoms with E-state index in [-0.39, 0.29) is 12.2 Å². The molecule has 2 atom stereocenters. The van der Waals surface area contributed by atoms with Gasteiger partial charge in [0.1, 0.15) is 34.5 Å². The average Bonchev–Trinajstić information content (AvgIpc) is 3.21. The predicted molar refractivity (Wildman–Crippen MR) is 224 cm³/mol. The van der Waals surface area contributed by atoms with E-state index in [0.717, 1.165) is 67.2 Å². The molecule has 0 N–H and O–H groups in total. The maximum absolute atomic E-state index is 7.28. The van der Waals surface area contributed by atoms with Gasteiger partial charge in [0.15, 0.2) is 11.2 Å². The van der Waals surface area contributed by atoms with Crippen molar-refractivity contribution in [2.24, 2.45) is 0 Å². The van der Waals surface area contributed by atoms with Crippen molar-refractivity contribution in [2.75, 3.05) is 13.2 Å². The Morgan fingerprint density at radius 1 is 0.518 bits per heavy atom. The van der Waals surface area contributed by atoms with Gasteiger partial charge in [0.25, 0.3) is 0 Å². The van der Waals surface area contributed by atoms with Gasteiger partial charge in [-0.15, -0.1) is 0 Å². The molecule has 6 aromatic rings. The van der Waals surface area contributed by atoms with Crippen LogP contribution in [0.3, 0.4) is 0 Å². The molecule has 6 nitrogen and oxygen atoms in total. The Morgan fingerprint density at radius 2 is 0.946 bits per heavy atom. The molecule has 6 aromatic carbocycles. The summed E-state index contributed by atoms with van der Waals surface area (Å²) in [6.07, 6.45) is 8.58. The Hall–Kier alpha value is -6.14. The minimum Gasteiger partial charge on any atom is -0.494 e. The first kappa shape index (κ1) is 36.8. The van der Waals surface area contributed by atoms with Crippen LogP contribution < -0.4 is 28.4 Å². The number of ether oxygens (including phenoxy) is 6. The summed E-state index contributed by atoms with van der Waals surface area (Å²) in [5.41, 5.74) is 3.78. The molecule has 2 aliphatic rings. The summed E-state index contributed by atoms with van der Waals surface area (Å²) < 4.78 is 39.3. The van der Waals surface area contributed by atoms with Gasteiger partial charge in [-0.2, -0.15) is 0 Å². The third-order valence-corrected chi connectivity index (χ3v) is 10.2. The standard InChI is InChI=1S/C50H48O6/c1-7-51-38-21-23-42(46(31-38)53-33(3)4)49(36-15-11-9-12-16-36)29-27-40-44(55-49)25-19-35-20-26-45-41(48(35)40)28-30-50(56-45,37-17-13-10-14-18-37)43-24-22-39(52-8-2)32-47(43)54-34(5)6/h9-34H,7-8H2,1-6H3. The Balaban J connectivity index is 1.29. The zero-order valence-corrected chi connectivity index (χ0v) is 32.9. The zero-order chi connectivity index (χ0) is 38.9. The molecule has 6 heteroatoms. The van der Waals surface area contributed by atoms with Crippen molar-refractivity contribution < 1.29 is 28.4 Å². The summed E-state index contributed by atoms with van der Waals surface area (Å²) in [4.78, 5) is 0. The highest BCUT2D eigenvalue weighted by molar-refractivity contribution is 6.02. The second kappa shape index (κ2) is 15.2. The molecular formula is C50H48O6. The van der Waals surface area contributed by atoms with E-state index in [2.05, 4.69) is 85.0 Å². The van der Waals surface area contributed by atoms with Crippen molar-refractivity contribution in [1.82, 2.24) is 0 Å². The Bertz CT molecular complexity index is 2250. The van der Waals surface area contributed by atoms with E-state index < -0.39 is 11.2 Å². The molecule has 2 heterocycles. The van der Waals surface area contributed by atoms with E-state index in [0.29, 0.717) is 24.7 Å². The van der Waals surface area contributed by atoms with Gasteiger partial charge in [0, 0.05) is 50.9 Å². The lowest BCUT2D eigenvalue weighted by Gasteiger charge is -2.39. The van der Waals surface area contributed by atoms with Crippen LogP contribution in [0.25, 0.3) is 22.9 Å². The monoisotopic (exact) mass is 744 g/mol. The van der Waals surface area contributed by atoms with Gasteiger partial charge in [-0.3, -0.25) is 0 Å². The number of rotatable bonds is 12. The maximum Gasteiger partial charge on any atom is 0.181 e. The summed E-state index contributed by atoms with van der Waals surface area (Å²) in [6, 6.07) is 41.1. The number of benzene rings is 6. The van der Waals surface area contributed by atoms with Gasteiger partial charge in [-0.05, 0) is 108 Å². The summed E-state index contributed by atoms with van der Waals surface area (Å²) in [6.45, 7) is 13.2. The molecule has 0 bridgehead atoms. The minimum atomic E-state index is -0.971. The summed E-state index contributed by atoms with van der Waals surface area (Å²) in [7, 11) is 0. The van der Waals surface area contributed by atoms with Crippen molar-refractivity contribution in [1.29, 1.82) is 0 Å². The minimum absolute atomic E-state index is 0.0563. The second-order valence-corrected chi connectivity index (χ2v) is 14.6. The van der Waals surface area contributed by atoms with Crippen molar-refractivity contribution in [3.05, 3.63) is 167 Å². The fourth-order valence-electron chi connectivity index (χ4n) is 7.88. The number of hydrogen-bond donors (Lipinski definition) is 0. The summed E-state index contributed by atoms with van der Waals surface area (Å²) in [5.74, 6) is 4.44. The fraction of sp³-hybridized carbons (Fsp3) is 0.240. The van der Waals surface area contributed by atoms with Crippen LogP contribution in [-0.4, -0.2) is 25.4 Å². The molecule has 0 aliphatic carbocycles. The Morgan fingerprint density at radius 3 is 1.34 bits per heavy atom. The molecule has 0 aromatic heterocycles. The molecule has 56 heavy (non-hydrogen) atoms. The van der Waals surface area contributed by atoms with E-state index in [1.54, 1.807) is 0 Å². The van der Waals surface area contributed by atoms with Gasteiger partial charge in [0.05, 0.1) is 25.4 Å². The van der Waals surface area contributed by atoms with E-state index in [1.807, 2.05) is 102 Å². The van der Waals surface area contributed by atoms with Crippen LogP contribution in [0.15, 0.2) is 133 Å². The van der Waals surface area contributed by atoms with Crippen LogP contribution in [0.2, 0.25) is 0 Å². The van der Waals surface area contributed by atoms with E-state index >= 15 is 0 Å². The van der Waals surface area contributed by atoms with Gasteiger partial charge < -0.3 is 28.4 Å². The van der Waals surface area contributed by atoms with Gasteiger partial charge >= 0.3 is 0 Å². The number of hydrogen-bond acceptors (Lipinski definition) is 6. The largest absolute Gasteiger partial charge is 0.494 e. The van der Waals surface area contributed by atoms with E-state index in [9.17, 15) is 0 Å². The SMILES string of the molecule is CCOc1ccc(C2(c3ccccc3)C=Cc3c(ccc4ccc5c(c34)C=CC(c3ccccc3)(c3ccc(OCC)cc3OC(C)C)O5)O2)c(OC(C)C)c1. The highest BCUT2D eigenvalue weighted by Gasteiger charge is 2.42. The summed E-state index contributed by atoms with van der Waals surface area (Å²) >= 11 is 0. The Labute approximate surface area is 329 Å². The van der Waals surface area contributed by atoms with Crippen LogP contribution in [0.5, 0.6) is 34.5 Å². The third kappa shape index (κ3) is 6.63.